The van der Waals surface area contributed by atoms with Crippen molar-refractivity contribution in [1.82, 2.24) is 24.9 Å². The summed E-state index contributed by atoms with van der Waals surface area (Å²) in [4.78, 5) is 24.9. The number of hydrogen-bond donors (Lipinski definition) is 1. The Kier molecular flexibility index (Phi) is 10.1. The predicted octanol–water partition coefficient (Wildman–Crippen LogP) is 1.69. The number of amides is 1. The van der Waals surface area contributed by atoms with E-state index in [0.29, 0.717) is 19.6 Å². The fraction of sp³-hybridized carbons (Fsp3) is 0.900. The second kappa shape index (κ2) is 11.9. The number of nitrogens with one attached hydrogen (secondary N) is 1. The summed E-state index contributed by atoms with van der Waals surface area (Å²) in [5, 5.41) is 3.35. The lowest BCUT2D eigenvalue weighted by atomic mass is 10.1. The highest BCUT2D eigenvalue weighted by Crippen LogP contribution is 2.22. The van der Waals surface area contributed by atoms with Crippen molar-refractivity contribution < 1.29 is 18.0 Å². The molecular weight excluding hydrogens is 524 g/mol. The highest BCUT2D eigenvalue weighted by molar-refractivity contribution is 14.0. The maximum Gasteiger partial charge on any atom is 0.401 e. The van der Waals surface area contributed by atoms with Crippen molar-refractivity contribution in [2.75, 3.05) is 72.5 Å². The van der Waals surface area contributed by atoms with Gasteiger partial charge in [0.2, 0.25) is 5.91 Å². The second-order valence-corrected chi connectivity index (χ2v) is 8.66. The number of rotatable bonds is 5. The standard InChI is InChI=1S/C20H35F3N6O.HI/c1-16(18(30)28-6-3-4-7-28)27-9-11-29(12-10-27)19(24-2)25-13-17-5-8-26(14-17)15-20(21,22)23;/h16-17H,3-15H2,1-2H3,(H,24,25);1H. The van der Waals surface area contributed by atoms with Gasteiger partial charge in [-0.1, -0.05) is 0 Å². The Labute approximate surface area is 200 Å². The van der Waals surface area contributed by atoms with Gasteiger partial charge in [0.1, 0.15) is 0 Å². The summed E-state index contributed by atoms with van der Waals surface area (Å²) in [5.74, 6) is 1.22. The summed E-state index contributed by atoms with van der Waals surface area (Å²) in [6.07, 6.45) is -1.16. The van der Waals surface area contributed by atoms with Crippen molar-refractivity contribution >= 4 is 35.8 Å². The van der Waals surface area contributed by atoms with Gasteiger partial charge in [-0.2, -0.15) is 13.2 Å². The third kappa shape index (κ3) is 7.62. The van der Waals surface area contributed by atoms with Gasteiger partial charge >= 0.3 is 6.18 Å². The third-order valence-corrected chi connectivity index (χ3v) is 6.47. The van der Waals surface area contributed by atoms with Crippen LogP contribution in [0.2, 0.25) is 0 Å². The molecule has 1 N–H and O–H groups in total. The Bertz CT molecular complexity index is 606. The first-order valence-electron chi connectivity index (χ1n) is 11.0. The maximum absolute atomic E-state index is 12.6. The van der Waals surface area contributed by atoms with Crippen molar-refractivity contribution in [2.45, 2.75) is 38.4 Å². The topological polar surface area (TPSA) is 54.4 Å². The number of hydrogen-bond acceptors (Lipinski definition) is 4. The van der Waals surface area contributed by atoms with E-state index < -0.39 is 12.7 Å². The first kappa shape index (κ1) is 26.4. The van der Waals surface area contributed by atoms with E-state index in [1.165, 1.54) is 4.90 Å². The van der Waals surface area contributed by atoms with Gasteiger partial charge in [0.15, 0.2) is 5.96 Å². The van der Waals surface area contributed by atoms with E-state index in [2.05, 4.69) is 20.1 Å². The Morgan fingerprint density at radius 1 is 1.06 bits per heavy atom. The van der Waals surface area contributed by atoms with Crippen LogP contribution in [0.5, 0.6) is 0 Å². The number of alkyl halides is 3. The molecule has 0 aromatic heterocycles. The van der Waals surface area contributed by atoms with Gasteiger partial charge < -0.3 is 15.1 Å². The summed E-state index contributed by atoms with van der Waals surface area (Å²) >= 11 is 0. The summed E-state index contributed by atoms with van der Waals surface area (Å²) < 4.78 is 37.7. The first-order chi connectivity index (χ1) is 14.3. The number of aliphatic imine (C=N–C) groups is 1. The molecule has 2 atom stereocenters. The monoisotopic (exact) mass is 560 g/mol. The Balaban J connectivity index is 0.00000341. The minimum Gasteiger partial charge on any atom is -0.356 e. The number of carbonyl (C=O) groups is 1. The molecule has 3 aliphatic rings. The fourth-order valence-corrected chi connectivity index (χ4v) is 4.72. The van der Waals surface area contributed by atoms with Crippen LogP contribution < -0.4 is 5.32 Å². The first-order valence-corrected chi connectivity index (χ1v) is 11.0. The van der Waals surface area contributed by atoms with Crippen molar-refractivity contribution in [1.29, 1.82) is 0 Å². The van der Waals surface area contributed by atoms with Crippen molar-refractivity contribution in [3.63, 3.8) is 0 Å². The average Bonchev–Trinajstić information content (AvgIpc) is 3.39. The summed E-state index contributed by atoms with van der Waals surface area (Å²) in [6, 6.07) is -0.0988. The third-order valence-electron chi connectivity index (χ3n) is 6.47. The lowest BCUT2D eigenvalue weighted by molar-refractivity contribution is -0.143. The molecule has 7 nitrogen and oxygen atoms in total. The predicted molar refractivity (Wildman–Crippen MR) is 126 cm³/mol. The molecule has 11 heteroatoms. The van der Waals surface area contributed by atoms with E-state index in [0.717, 1.165) is 64.5 Å². The summed E-state index contributed by atoms with van der Waals surface area (Å²) in [6.45, 7) is 7.66. The fourth-order valence-electron chi connectivity index (χ4n) is 4.72. The van der Waals surface area contributed by atoms with Gasteiger partial charge in [0, 0.05) is 59.4 Å². The summed E-state index contributed by atoms with van der Waals surface area (Å²) in [5.41, 5.74) is 0. The quantitative estimate of drug-likeness (QED) is 0.315. The van der Waals surface area contributed by atoms with Crippen LogP contribution in [0.1, 0.15) is 26.2 Å². The van der Waals surface area contributed by atoms with Gasteiger partial charge in [-0.3, -0.25) is 19.6 Å². The van der Waals surface area contributed by atoms with E-state index in [9.17, 15) is 18.0 Å². The van der Waals surface area contributed by atoms with E-state index in [1.54, 1.807) is 7.05 Å². The molecule has 0 bridgehead atoms. The summed E-state index contributed by atoms with van der Waals surface area (Å²) in [7, 11) is 1.73. The largest absolute Gasteiger partial charge is 0.401 e. The second-order valence-electron chi connectivity index (χ2n) is 8.66. The minimum absolute atomic E-state index is 0. The molecule has 180 valence electrons. The molecule has 0 radical (unpaired) electrons. The van der Waals surface area contributed by atoms with Gasteiger partial charge in [-0.15, -0.1) is 24.0 Å². The zero-order valence-electron chi connectivity index (χ0n) is 18.5. The molecular formula is C20H36F3IN6O. The van der Waals surface area contributed by atoms with E-state index in [1.807, 2.05) is 11.8 Å². The van der Waals surface area contributed by atoms with Crippen LogP contribution in [-0.4, -0.2) is 116 Å². The zero-order valence-corrected chi connectivity index (χ0v) is 20.9. The number of halogens is 4. The molecule has 3 rings (SSSR count). The minimum atomic E-state index is -4.13. The van der Waals surface area contributed by atoms with Gasteiger partial charge in [-0.25, -0.2) is 0 Å². The Morgan fingerprint density at radius 3 is 2.29 bits per heavy atom. The average molecular weight is 560 g/mol. The van der Waals surface area contributed by atoms with Crippen molar-refractivity contribution in [3.8, 4) is 0 Å². The van der Waals surface area contributed by atoms with Crippen LogP contribution in [0.15, 0.2) is 4.99 Å². The number of likely N-dealkylation sites (tertiary alicyclic amines) is 2. The lowest BCUT2D eigenvalue weighted by Crippen LogP contribution is -2.57. The Morgan fingerprint density at radius 2 is 1.71 bits per heavy atom. The van der Waals surface area contributed by atoms with Gasteiger partial charge in [0.05, 0.1) is 12.6 Å². The molecule has 0 aromatic rings. The molecule has 3 saturated heterocycles. The molecule has 0 saturated carbocycles. The molecule has 1 amide bonds. The van der Waals surface area contributed by atoms with Gasteiger partial charge in [0.25, 0.3) is 0 Å². The number of guanidine groups is 1. The van der Waals surface area contributed by atoms with Crippen molar-refractivity contribution in [3.05, 3.63) is 0 Å². The number of nitrogens with zero attached hydrogens (tertiary/aromatic N) is 5. The van der Waals surface area contributed by atoms with E-state index in [-0.39, 0.29) is 41.8 Å². The van der Waals surface area contributed by atoms with Crippen LogP contribution in [0.3, 0.4) is 0 Å². The van der Waals surface area contributed by atoms with E-state index >= 15 is 0 Å². The van der Waals surface area contributed by atoms with Crippen LogP contribution in [0, 0.1) is 5.92 Å². The molecule has 0 spiro atoms. The van der Waals surface area contributed by atoms with Gasteiger partial charge in [-0.05, 0) is 38.6 Å². The number of carbonyl (C=O) groups excluding carboxylic acids is 1. The van der Waals surface area contributed by atoms with Crippen LogP contribution >= 0.6 is 24.0 Å². The maximum atomic E-state index is 12.6. The van der Waals surface area contributed by atoms with Crippen molar-refractivity contribution in [2.24, 2.45) is 10.9 Å². The molecule has 3 aliphatic heterocycles. The zero-order chi connectivity index (χ0) is 21.7. The molecule has 3 fully saturated rings. The molecule has 0 aliphatic carbocycles. The molecule has 31 heavy (non-hydrogen) atoms. The number of piperazine rings is 1. The van der Waals surface area contributed by atoms with Crippen LogP contribution in [-0.2, 0) is 4.79 Å². The van der Waals surface area contributed by atoms with Crippen LogP contribution in [0.25, 0.3) is 0 Å². The highest BCUT2D eigenvalue weighted by Gasteiger charge is 2.35. The highest BCUT2D eigenvalue weighted by atomic mass is 127. The molecule has 2 unspecified atom stereocenters. The van der Waals surface area contributed by atoms with Crippen LogP contribution in [0.4, 0.5) is 13.2 Å². The molecule has 3 heterocycles. The SMILES string of the molecule is CN=C(NCC1CCN(CC(F)(F)F)C1)N1CCN(C(C)C(=O)N2CCCC2)CC1.I. The normalized spacial score (nSPS) is 24.9. The smallest absolute Gasteiger partial charge is 0.356 e. The van der Waals surface area contributed by atoms with E-state index in [4.69, 9.17) is 0 Å². The lowest BCUT2D eigenvalue weighted by Gasteiger charge is -2.39. The molecule has 0 aromatic carbocycles. The Hall–Kier alpha value is -0.820.